The van der Waals surface area contributed by atoms with Gasteiger partial charge >= 0.3 is 0 Å². The minimum absolute atomic E-state index is 0.0280. The molecule has 5 aliphatic rings. The van der Waals surface area contributed by atoms with Crippen molar-refractivity contribution < 1.29 is 50.3 Å². The average Bonchev–Trinajstić information content (AvgIpc) is 3.39. The Labute approximate surface area is 281 Å². The molecule has 272 valence electrons. The van der Waals surface area contributed by atoms with Gasteiger partial charge in [0.25, 0.3) is 0 Å². The van der Waals surface area contributed by atoms with Crippen LogP contribution in [0.15, 0.2) is 11.6 Å². The van der Waals surface area contributed by atoms with Crippen molar-refractivity contribution in [2.75, 3.05) is 19.8 Å². The first-order valence-electron chi connectivity index (χ1n) is 18.0. The van der Waals surface area contributed by atoms with Crippen LogP contribution in [0.4, 0.5) is 0 Å². The highest BCUT2D eigenvalue weighted by Gasteiger charge is 2.73. The van der Waals surface area contributed by atoms with E-state index in [2.05, 4.69) is 41.5 Å². The molecule has 47 heavy (non-hydrogen) atoms. The van der Waals surface area contributed by atoms with Crippen molar-refractivity contribution in [3.63, 3.8) is 0 Å². The topological polar surface area (TPSA) is 180 Å². The van der Waals surface area contributed by atoms with E-state index in [0.717, 1.165) is 24.8 Å². The normalized spacial score (nSPS) is 51.1. The lowest BCUT2D eigenvalue weighted by Gasteiger charge is -2.71. The molecule has 0 aromatic rings. The largest absolute Gasteiger partial charge is 0.394 e. The first-order chi connectivity index (χ1) is 21.8. The third-order valence-corrected chi connectivity index (χ3v) is 15.0. The van der Waals surface area contributed by atoms with E-state index in [1.165, 1.54) is 0 Å². The Morgan fingerprint density at radius 3 is 2.21 bits per heavy atom. The maximum absolute atomic E-state index is 12.3. The van der Waals surface area contributed by atoms with Crippen LogP contribution in [0.2, 0.25) is 0 Å². The number of aliphatic hydroxyl groups excluding tert-OH is 8. The molecular formula is C37H64O10. The molecule has 8 N–H and O–H groups in total. The molecule has 4 saturated carbocycles. The van der Waals surface area contributed by atoms with Gasteiger partial charge in [-0.3, -0.25) is 0 Å². The molecular weight excluding hydrogens is 604 g/mol. The zero-order valence-corrected chi connectivity index (χ0v) is 29.7. The molecule has 4 aliphatic carbocycles. The highest BCUT2D eigenvalue weighted by molar-refractivity contribution is 5.21. The van der Waals surface area contributed by atoms with E-state index in [-0.39, 0.29) is 53.1 Å². The smallest absolute Gasteiger partial charge is 0.186 e. The lowest BCUT2D eigenvalue weighted by molar-refractivity contribution is -0.309. The van der Waals surface area contributed by atoms with E-state index in [0.29, 0.717) is 32.1 Å². The number of hydrogen-bond donors (Lipinski definition) is 8. The number of ether oxygens (including phenoxy) is 2. The minimum Gasteiger partial charge on any atom is -0.394 e. The summed E-state index contributed by atoms with van der Waals surface area (Å²) in [7, 11) is 0. The van der Waals surface area contributed by atoms with Gasteiger partial charge in [-0.25, -0.2) is 0 Å². The fourth-order valence-corrected chi connectivity index (χ4v) is 12.3. The Hall–Kier alpha value is -0.660. The summed E-state index contributed by atoms with van der Waals surface area (Å²) in [5, 5.41) is 86.0. The SMILES string of the molecule is C/C(=C\CC[C@](C)(CO[C@@H]1O[C@H](CO)[C@@H](O)[C@H](O)[C@H]1O)[C@H]1CC[C@]2(C)[C@@H]1[C@H](O)C[C@@H]1[C@@]3(C)CC[C@H](O)C(C)(C)[C@@H]3[C@@H](O)C[C@]12C)CO. The van der Waals surface area contributed by atoms with Crippen LogP contribution in [-0.2, 0) is 9.47 Å². The van der Waals surface area contributed by atoms with Crippen LogP contribution in [0.3, 0.4) is 0 Å². The molecule has 5 fully saturated rings. The molecule has 1 aliphatic heterocycles. The second-order valence-electron chi connectivity index (χ2n) is 17.9. The first-order valence-corrected chi connectivity index (χ1v) is 18.0. The molecule has 0 radical (unpaired) electrons. The van der Waals surface area contributed by atoms with Gasteiger partial charge in [0.05, 0.1) is 38.1 Å². The maximum atomic E-state index is 12.3. The average molecular weight is 669 g/mol. The van der Waals surface area contributed by atoms with Gasteiger partial charge in [0, 0.05) is 0 Å². The predicted octanol–water partition coefficient (Wildman–Crippen LogP) is 2.52. The van der Waals surface area contributed by atoms with Crippen LogP contribution >= 0.6 is 0 Å². The Kier molecular flexibility index (Phi) is 10.5. The van der Waals surface area contributed by atoms with E-state index in [1.54, 1.807) is 0 Å². The molecule has 10 heteroatoms. The zero-order chi connectivity index (χ0) is 34.9. The third kappa shape index (κ3) is 5.88. The van der Waals surface area contributed by atoms with E-state index < -0.39 is 66.5 Å². The molecule has 0 aromatic heterocycles. The number of allylic oxidation sites excluding steroid dienone is 1. The Morgan fingerprint density at radius 2 is 1.57 bits per heavy atom. The molecule has 10 nitrogen and oxygen atoms in total. The molecule has 0 unspecified atom stereocenters. The predicted molar refractivity (Wildman–Crippen MR) is 176 cm³/mol. The van der Waals surface area contributed by atoms with Crippen molar-refractivity contribution in [3.05, 3.63) is 11.6 Å². The van der Waals surface area contributed by atoms with Gasteiger partial charge in [0.15, 0.2) is 6.29 Å². The van der Waals surface area contributed by atoms with Crippen molar-refractivity contribution in [1.82, 2.24) is 0 Å². The van der Waals surface area contributed by atoms with Crippen molar-refractivity contribution in [3.8, 4) is 0 Å². The minimum atomic E-state index is -1.53. The van der Waals surface area contributed by atoms with Gasteiger partial charge in [-0.15, -0.1) is 0 Å². The number of rotatable bonds is 9. The summed E-state index contributed by atoms with van der Waals surface area (Å²) < 4.78 is 12.0. The number of fused-ring (bicyclic) bond motifs is 5. The second-order valence-corrected chi connectivity index (χ2v) is 17.9. The number of aliphatic hydroxyl groups is 8. The molecule has 1 saturated heterocycles. The zero-order valence-electron chi connectivity index (χ0n) is 29.7. The lowest BCUT2D eigenvalue weighted by atomic mass is 9.34. The summed E-state index contributed by atoms with van der Waals surface area (Å²) in [5.41, 5.74) is -0.836. The van der Waals surface area contributed by atoms with E-state index in [9.17, 15) is 40.9 Å². The summed E-state index contributed by atoms with van der Waals surface area (Å²) in [6.07, 6.45) is -0.578. The maximum Gasteiger partial charge on any atom is 0.186 e. The van der Waals surface area contributed by atoms with Crippen LogP contribution in [0.5, 0.6) is 0 Å². The van der Waals surface area contributed by atoms with Crippen LogP contribution in [0, 0.1) is 50.7 Å². The summed E-state index contributed by atoms with van der Waals surface area (Å²) in [4.78, 5) is 0. The highest BCUT2D eigenvalue weighted by Crippen LogP contribution is 2.76. The Balaban J connectivity index is 1.46. The van der Waals surface area contributed by atoms with Gasteiger partial charge in [-0.1, -0.05) is 53.2 Å². The lowest BCUT2D eigenvalue weighted by Crippen LogP contribution is -2.69. The monoisotopic (exact) mass is 668 g/mol. The molecule has 0 amide bonds. The second kappa shape index (κ2) is 13.1. The van der Waals surface area contributed by atoms with Gasteiger partial charge in [-0.2, -0.15) is 0 Å². The van der Waals surface area contributed by atoms with Gasteiger partial charge in [0.1, 0.15) is 24.4 Å². The van der Waals surface area contributed by atoms with Crippen LogP contribution in [-0.4, -0.2) is 110 Å². The fourth-order valence-electron chi connectivity index (χ4n) is 12.3. The molecule has 0 bridgehead atoms. The first kappa shape index (κ1) is 37.6. The third-order valence-electron chi connectivity index (χ3n) is 15.0. The standard InChI is InChI=1S/C37H64O10/c1-20(17-38)9-8-12-34(4,19-46-32-30(45)29(44)28(43)24(18-39)47-32)21-10-14-36(6)27(21)22(40)15-25-35(5)13-11-26(42)33(2,3)31(35)23(41)16-37(25,36)7/h9,21-32,38-45H,8,10-19H2,1-7H3/b20-9+/t21-,22+,23-,24+,25+,26-,27-,28+,29-,30+,31-,32+,34+,35+,36+,37+/m0/s1. The molecule has 16 atom stereocenters. The van der Waals surface area contributed by atoms with E-state index in [1.807, 2.05) is 13.0 Å². The summed E-state index contributed by atoms with van der Waals surface area (Å²) in [5.74, 6) is 0.0574. The van der Waals surface area contributed by atoms with Gasteiger partial charge < -0.3 is 50.3 Å². The molecule has 1 heterocycles. The summed E-state index contributed by atoms with van der Waals surface area (Å²) in [6, 6.07) is 0. The Bertz CT molecular complexity index is 1140. The van der Waals surface area contributed by atoms with Crippen LogP contribution in [0.1, 0.15) is 99.8 Å². The van der Waals surface area contributed by atoms with Crippen LogP contribution in [0.25, 0.3) is 0 Å². The van der Waals surface area contributed by atoms with Crippen molar-refractivity contribution in [1.29, 1.82) is 0 Å². The van der Waals surface area contributed by atoms with E-state index in [4.69, 9.17) is 9.47 Å². The van der Waals surface area contributed by atoms with Crippen molar-refractivity contribution >= 4 is 0 Å². The van der Waals surface area contributed by atoms with E-state index >= 15 is 0 Å². The van der Waals surface area contributed by atoms with Gasteiger partial charge in [0.2, 0.25) is 0 Å². The quantitative estimate of drug-likeness (QED) is 0.170. The Morgan fingerprint density at radius 1 is 0.894 bits per heavy atom. The molecule has 0 spiro atoms. The molecule has 0 aromatic carbocycles. The van der Waals surface area contributed by atoms with Crippen LogP contribution < -0.4 is 0 Å². The highest BCUT2D eigenvalue weighted by atomic mass is 16.7. The number of hydrogen-bond acceptors (Lipinski definition) is 10. The van der Waals surface area contributed by atoms with Gasteiger partial charge in [-0.05, 0) is 109 Å². The fraction of sp³-hybridized carbons (Fsp3) is 0.946. The van der Waals surface area contributed by atoms with Crippen molar-refractivity contribution in [2.45, 2.75) is 149 Å². The summed E-state index contributed by atoms with van der Waals surface area (Å²) in [6.45, 7) is 14.8. The summed E-state index contributed by atoms with van der Waals surface area (Å²) >= 11 is 0. The van der Waals surface area contributed by atoms with Crippen molar-refractivity contribution in [2.24, 2.45) is 50.7 Å². The molecule has 5 rings (SSSR count).